The fourth-order valence-electron chi connectivity index (χ4n) is 3.33. The van der Waals surface area contributed by atoms with Crippen LogP contribution in [0.1, 0.15) is 41.3 Å². The van der Waals surface area contributed by atoms with Crippen molar-refractivity contribution in [2.75, 3.05) is 18.0 Å². The van der Waals surface area contributed by atoms with E-state index in [0.717, 1.165) is 29.9 Å². The number of amides is 1. The third-order valence-electron chi connectivity index (χ3n) is 4.97. The molecule has 29 heavy (non-hydrogen) atoms. The van der Waals surface area contributed by atoms with Crippen molar-refractivity contribution >= 4 is 17.8 Å². The van der Waals surface area contributed by atoms with E-state index in [0.29, 0.717) is 5.56 Å². The summed E-state index contributed by atoms with van der Waals surface area (Å²) in [7, 11) is 0. The average Bonchev–Trinajstić information content (AvgIpc) is 2.79. The maximum atomic E-state index is 12.5. The number of nitrogens with one attached hydrogen (secondary N) is 1. The zero-order valence-corrected chi connectivity index (χ0v) is 17.0. The molecule has 1 N–H and O–H groups in total. The van der Waals surface area contributed by atoms with Crippen molar-refractivity contribution in [3.63, 3.8) is 0 Å². The number of carbonyl (C=O) groups is 1. The zero-order chi connectivity index (χ0) is 20.5. The molecule has 0 saturated carbocycles. The zero-order valence-electron chi connectivity index (χ0n) is 17.0. The second-order valence-electron chi connectivity index (χ2n) is 6.74. The molecule has 0 aliphatic carbocycles. The number of rotatable bonds is 8. The lowest BCUT2D eigenvalue weighted by Crippen LogP contribution is -2.22. The molecule has 0 radical (unpaired) electrons. The van der Waals surface area contributed by atoms with Crippen LogP contribution in [-0.2, 0) is 0 Å². The van der Waals surface area contributed by atoms with Crippen LogP contribution in [0.2, 0.25) is 0 Å². The Morgan fingerprint density at radius 2 is 1.38 bits per heavy atom. The molecule has 148 valence electrons. The minimum Gasteiger partial charge on any atom is -0.372 e. The van der Waals surface area contributed by atoms with Crippen LogP contribution < -0.4 is 10.3 Å². The monoisotopic (exact) mass is 385 g/mol. The Hall–Kier alpha value is -3.40. The van der Waals surface area contributed by atoms with Crippen LogP contribution in [-0.4, -0.2) is 25.2 Å². The molecule has 1 amide bonds. The van der Waals surface area contributed by atoms with E-state index in [9.17, 15) is 4.79 Å². The largest absolute Gasteiger partial charge is 0.372 e. The van der Waals surface area contributed by atoms with Gasteiger partial charge in [0.1, 0.15) is 0 Å². The Morgan fingerprint density at radius 3 is 1.86 bits per heavy atom. The highest BCUT2D eigenvalue weighted by molar-refractivity contribution is 5.94. The molecule has 0 unspecified atom stereocenters. The number of nitrogens with zero attached hydrogens (tertiary/aromatic N) is 2. The highest BCUT2D eigenvalue weighted by atomic mass is 16.2. The van der Waals surface area contributed by atoms with Crippen molar-refractivity contribution in [2.45, 2.75) is 19.8 Å². The van der Waals surface area contributed by atoms with Crippen molar-refractivity contribution in [1.29, 1.82) is 0 Å². The topological polar surface area (TPSA) is 44.7 Å². The molecule has 0 aliphatic heterocycles. The first kappa shape index (κ1) is 20.3. The summed E-state index contributed by atoms with van der Waals surface area (Å²) in [4.78, 5) is 14.7. The van der Waals surface area contributed by atoms with Crippen LogP contribution in [0.15, 0.2) is 90.0 Å². The molecule has 0 bridgehead atoms. The Labute approximate surface area is 172 Å². The Kier molecular flexibility index (Phi) is 7.17. The van der Waals surface area contributed by atoms with Gasteiger partial charge in [0.05, 0.1) is 0 Å². The third-order valence-corrected chi connectivity index (χ3v) is 4.97. The number of hydrogen-bond donors (Lipinski definition) is 1. The second-order valence-corrected chi connectivity index (χ2v) is 6.74. The highest BCUT2D eigenvalue weighted by Gasteiger charge is 2.12. The minimum absolute atomic E-state index is 0.0252. The smallest absolute Gasteiger partial charge is 0.271 e. The summed E-state index contributed by atoms with van der Waals surface area (Å²) >= 11 is 0. The summed E-state index contributed by atoms with van der Waals surface area (Å²) in [5.41, 5.74) is 6.62. The van der Waals surface area contributed by atoms with Gasteiger partial charge in [-0.15, -0.1) is 0 Å². The van der Waals surface area contributed by atoms with Gasteiger partial charge in [-0.05, 0) is 49.2 Å². The number of hydrogen-bond acceptors (Lipinski definition) is 3. The van der Waals surface area contributed by atoms with Crippen LogP contribution in [0.4, 0.5) is 5.69 Å². The van der Waals surface area contributed by atoms with E-state index in [1.807, 2.05) is 60.7 Å². The summed E-state index contributed by atoms with van der Waals surface area (Å²) in [5, 5.41) is 4.26. The number of anilines is 1. The number of hydrazone groups is 1. The summed E-state index contributed by atoms with van der Waals surface area (Å²) in [5.74, 6) is -0.241. The van der Waals surface area contributed by atoms with Gasteiger partial charge >= 0.3 is 0 Å². The maximum absolute atomic E-state index is 12.5. The van der Waals surface area contributed by atoms with Crippen molar-refractivity contribution < 1.29 is 4.79 Å². The van der Waals surface area contributed by atoms with Crippen molar-refractivity contribution in [2.24, 2.45) is 5.10 Å². The van der Waals surface area contributed by atoms with Crippen LogP contribution in [0.3, 0.4) is 0 Å². The number of carbonyl (C=O) groups excluding carboxylic acids is 1. The van der Waals surface area contributed by atoms with Crippen LogP contribution >= 0.6 is 0 Å². The molecule has 0 fully saturated rings. The molecule has 3 aromatic carbocycles. The van der Waals surface area contributed by atoms with E-state index in [1.54, 1.807) is 6.21 Å². The average molecular weight is 386 g/mol. The van der Waals surface area contributed by atoms with Gasteiger partial charge in [0, 0.05) is 36.5 Å². The molecule has 3 aromatic rings. The van der Waals surface area contributed by atoms with Gasteiger partial charge < -0.3 is 4.90 Å². The molecule has 3 rings (SSSR count). The van der Waals surface area contributed by atoms with E-state index in [2.05, 4.69) is 53.5 Å². The third kappa shape index (κ3) is 5.32. The maximum Gasteiger partial charge on any atom is 0.271 e. The van der Waals surface area contributed by atoms with Crippen LogP contribution in [0, 0.1) is 0 Å². The van der Waals surface area contributed by atoms with Crippen molar-refractivity contribution in [3.8, 4) is 0 Å². The molecule has 0 heterocycles. The van der Waals surface area contributed by atoms with E-state index in [-0.39, 0.29) is 11.8 Å². The summed E-state index contributed by atoms with van der Waals surface area (Å²) in [6.07, 6.45) is 1.78. The summed E-state index contributed by atoms with van der Waals surface area (Å²) in [6, 6.07) is 27.9. The van der Waals surface area contributed by atoms with E-state index in [4.69, 9.17) is 0 Å². The summed E-state index contributed by atoms with van der Waals surface area (Å²) < 4.78 is 0. The Bertz CT molecular complexity index is 878. The Balaban J connectivity index is 1.71. The van der Waals surface area contributed by atoms with Crippen molar-refractivity contribution in [1.82, 2.24) is 5.43 Å². The SMILES string of the molecule is CCN(CC)c1ccc(C(=O)N/N=C\C(c2ccccc2)c2ccccc2)cc1. The first-order chi connectivity index (χ1) is 14.2. The van der Waals surface area contributed by atoms with Gasteiger partial charge in [0.25, 0.3) is 5.91 Å². The molecule has 0 aromatic heterocycles. The van der Waals surface area contributed by atoms with Gasteiger partial charge in [-0.3, -0.25) is 4.79 Å². The first-order valence-electron chi connectivity index (χ1n) is 10.0. The van der Waals surface area contributed by atoms with Gasteiger partial charge in [-0.2, -0.15) is 5.10 Å². The minimum atomic E-state index is -0.216. The quantitative estimate of drug-likeness (QED) is 0.434. The molecule has 4 nitrogen and oxygen atoms in total. The molecule has 0 spiro atoms. The van der Waals surface area contributed by atoms with Crippen LogP contribution in [0.5, 0.6) is 0 Å². The predicted molar refractivity (Wildman–Crippen MR) is 121 cm³/mol. The lowest BCUT2D eigenvalue weighted by atomic mass is 9.92. The van der Waals surface area contributed by atoms with E-state index < -0.39 is 0 Å². The van der Waals surface area contributed by atoms with Gasteiger partial charge in [0.2, 0.25) is 0 Å². The lowest BCUT2D eigenvalue weighted by molar-refractivity contribution is 0.0955. The fraction of sp³-hybridized carbons (Fsp3) is 0.200. The van der Waals surface area contributed by atoms with Crippen molar-refractivity contribution in [3.05, 3.63) is 102 Å². The highest BCUT2D eigenvalue weighted by Crippen LogP contribution is 2.22. The van der Waals surface area contributed by atoms with E-state index in [1.165, 1.54) is 0 Å². The molecule has 0 saturated heterocycles. The molecular formula is C25H27N3O. The number of benzene rings is 3. The predicted octanol–water partition coefficient (Wildman–Crippen LogP) is 5.08. The molecule has 4 heteroatoms. The lowest BCUT2D eigenvalue weighted by Gasteiger charge is -2.20. The normalized spacial score (nSPS) is 11.0. The summed E-state index contributed by atoms with van der Waals surface area (Å²) in [6.45, 7) is 6.11. The second kappa shape index (κ2) is 10.2. The van der Waals surface area contributed by atoms with Gasteiger partial charge in [-0.1, -0.05) is 60.7 Å². The molecule has 0 aliphatic rings. The molecule has 0 atom stereocenters. The van der Waals surface area contributed by atoms with E-state index >= 15 is 0 Å². The standard InChI is InChI=1S/C25H27N3O/c1-3-28(4-2)23-17-15-22(16-18-23)25(29)27-26-19-24(20-11-7-5-8-12-20)21-13-9-6-10-14-21/h5-19,24H,3-4H2,1-2H3,(H,27,29)/b26-19-. The van der Waals surface area contributed by atoms with Gasteiger partial charge in [-0.25, -0.2) is 5.43 Å². The first-order valence-corrected chi connectivity index (χ1v) is 10.0. The fourth-order valence-corrected chi connectivity index (χ4v) is 3.33. The van der Waals surface area contributed by atoms with Crippen LogP contribution in [0.25, 0.3) is 0 Å². The molecular weight excluding hydrogens is 358 g/mol. The van der Waals surface area contributed by atoms with Gasteiger partial charge in [0.15, 0.2) is 0 Å². The Morgan fingerprint density at radius 1 is 0.862 bits per heavy atom.